The number of hydrogen-bond acceptors (Lipinski definition) is 4. The first-order chi connectivity index (χ1) is 7.11. The van der Waals surface area contributed by atoms with E-state index in [1.807, 2.05) is 32.7 Å². The third-order valence-corrected chi connectivity index (χ3v) is 2.02. The van der Waals surface area contributed by atoms with Crippen molar-refractivity contribution in [3.63, 3.8) is 0 Å². The van der Waals surface area contributed by atoms with Gasteiger partial charge in [0.05, 0.1) is 11.4 Å². The lowest BCUT2D eigenvalue weighted by molar-refractivity contribution is 0.381. The molecule has 0 amide bonds. The smallest absolute Gasteiger partial charge is 0.132 e. The number of hydrogen-bond donors (Lipinski definition) is 3. The highest BCUT2D eigenvalue weighted by molar-refractivity contribution is 5.35. The summed E-state index contributed by atoms with van der Waals surface area (Å²) in [7, 11) is 1.83. The van der Waals surface area contributed by atoms with Gasteiger partial charge in [-0.3, -0.25) is 0 Å². The number of nitrogens with one attached hydrogen (secondary N) is 2. The Morgan fingerprint density at radius 2 is 1.93 bits per heavy atom. The molecule has 0 saturated heterocycles. The van der Waals surface area contributed by atoms with Gasteiger partial charge in [0, 0.05) is 13.6 Å². The highest BCUT2D eigenvalue weighted by Crippen LogP contribution is 2.18. The summed E-state index contributed by atoms with van der Waals surface area (Å²) in [6.45, 7) is 14.5. The average molecular weight is 210 g/mol. The topological polar surface area (TPSA) is 53.3 Å². The third-order valence-electron chi connectivity index (χ3n) is 2.02. The Bertz CT molecular complexity index is 278. The summed E-state index contributed by atoms with van der Waals surface area (Å²) in [6.07, 6.45) is 0. The fourth-order valence-corrected chi connectivity index (χ4v) is 1.35. The van der Waals surface area contributed by atoms with E-state index in [0.29, 0.717) is 11.4 Å². The monoisotopic (exact) mass is 210 g/mol. The summed E-state index contributed by atoms with van der Waals surface area (Å²) in [5.74, 6) is 1.65. The van der Waals surface area contributed by atoms with Crippen LogP contribution in [0.25, 0.3) is 0 Å². The van der Waals surface area contributed by atoms with Crippen molar-refractivity contribution in [3.8, 4) is 0 Å². The van der Waals surface area contributed by atoms with E-state index in [-0.39, 0.29) is 0 Å². The maximum Gasteiger partial charge on any atom is 0.132 e. The van der Waals surface area contributed by atoms with Crippen molar-refractivity contribution < 1.29 is 0 Å². The van der Waals surface area contributed by atoms with E-state index in [1.54, 1.807) is 0 Å². The van der Waals surface area contributed by atoms with Gasteiger partial charge in [-0.25, -0.2) is 0 Å². The van der Waals surface area contributed by atoms with Crippen LogP contribution in [0.5, 0.6) is 0 Å². The van der Waals surface area contributed by atoms with Gasteiger partial charge in [-0.1, -0.05) is 27.0 Å². The Kier molecular flexibility index (Phi) is 5.37. The van der Waals surface area contributed by atoms with Crippen LogP contribution >= 0.6 is 0 Å². The van der Waals surface area contributed by atoms with E-state index in [2.05, 4.69) is 23.8 Å². The summed E-state index contributed by atoms with van der Waals surface area (Å²) >= 11 is 0. The van der Waals surface area contributed by atoms with Crippen molar-refractivity contribution in [1.82, 2.24) is 15.5 Å². The van der Waals surface area contributed by atoms with Crippen LogP contribution in [-0.4, -0.2) is 18.5 Å². The minimum Gasteiger partial charge on any atom is -0.394 e. The fraction of sp³-hybridized carbons (Fsp3) is 0.455. The van der Waals surface area contributed by atoms with E-state index < -0.39 is 0 Å². The molecule has 4 N–H and O–H groups in total. The zero-order chi connectivity index (χ0) is 12.0. The van der Waals surface area contributed by atoms with Crippen LogP contribution < -0.4 is 16.4 Å². The lowest BCUT2D eigenvalue weighted by atomic mass is 10.2. The SMILES string of the molecule is C=C1NC(=C)N(CC)C(NC)=C1N.CC. The van der Waals surface area contributed by atoms with Crippen molar-refractivity contribution in [2.45, 2.75) is 20.8 Å². The summed E-state index contributed by atoms with van der Waals surface area (Å²) in [4.78, 5) is 1.96. The lowest BCUT2D eigenvalue weighted by Crippen LogP contribution is -2.42. The molecule has 0 aromatic carbocycles. The Hall–Kier alpha value is -1.58. The minimum atomic E-state index is 0.636. The first-order valence-electron chi connectivity index (χ1n) is 5.22. The molecule has 1 heterocycles. The second-order valence-electron chi connectivity index (χ2n) is 2.81. The Balaban J connectivity index is 0.000000921. The van der Waals surface area contributed by atoms with Gasteiger partial charge in [0.1, 0.15) is 11.6 Å². The molecule has 86 valence electrons. The second-order valence-corrected chi connectivity index (χ2v) is 2.81. The molecule has 0 aromatic heterocycles. The summed E-state index contributed by atoms with van der Waals surface area (Å²) in [6, 6.07) is 0. The molecule has 0 atom stereocenters. The van der Waals surface area contributed by atoms with Gasteiger partial charge in [-0.2, -0.15) is 0 Å². The van der Waals surface area contributed by atoms with Crippen molar-refractivity contribution >= 4 is 0 Å². The maximum absolute atomic E-state index is 5.83. The normalized spacial score (nSPS) is 15.6. The Labute approximate surface area is 92.5 Å². The molecule has 1 rings (SSSR count). The average Bonchev–Trinajstić information content (AvgIpc) is 2.25. The fourth-order valence-electron chi connectivity index (χ4n) is 1.35. The second kappa shape index (κ2) is 6.01. The van der Waals surface area contributed by atoms with Crippen molar-refractivity contribution in [2.75, 3.05) is 13.6 Å². The molecule has 4 nitrogen and oxygen atoms in total. The minimum absolute atomic E-state index is 0.636. The molecule has 15 heavy (non-hydrogen) atoms. The highest BCUT2D eigenvalue weighted by atomic mass is 15.3. The molecule has 0 spiro atoms. The van der Waals surface area contributed by atoms with Crippen LogP contribution in [0.3, 0.4) is 0 Å². The van der Waals surface area contributed by atoms with Gasteiger partial charge in [-0.15, -0.1) is 0 Å². The molecule has 0 aliphatic carbocycles. The molecular weight excluding hydrogens is 188 g/mol. The van der Waals surface area contributed by atoms with E-state index in [1.165, 1.54) is 0 Å². The molecule has 0 radical (unpaired) electrons. The largest absolute Gasteiger partial charge is 0.394 e. The maximum atomic E-state index is 5.83. The lowest BCUT2D eigenvalue weighted by Gasteiger charge is -2.34. The van der Waals surface area contributed by atoms with Crippen LogP contribution in [-0.2, 0) is 0 Å². The number of nitrogens with zero attached hydrogens (tertiary/aromatic N) is 1. The quantitative estimate of drug-likeness (QED) is 0.642. The van der Waals surface area contributed by atoms with Crippen LogP contribution in [0.2, 0.25) is 0 Å². The first-order valence-corrected chi connectivity index (χ1v) is 5.22. The predicted octanol–water partition coefficient (Wildman–Crippen LogP) is 1.27. The van der Waals surface area contributed by atoms with Crippen LogP contribution in [0.4, 0.5) is 0 Å². The molecule has 0 unspecified atom stereocenters. The molecule has 0 saturated carbocycles. The zero-order valence-electron chi connectivity index (χ0n) is 10.1. The highest BCUT2D eigenvalue weighted by Gasteiger charge is 2.20. The van der Waals surface area contributed by atoms with Crippen molar-refractivity contribution in [1.29, 1.82) is 0 Å². The molecule has 0 aromatic rings. The molecule has 0 fully saturated rings. The molecular formula is C11H22N4. The van der Waals surface area contributed by atoms with E-state index in [4.69, 9.17) is 5.73 Å². The van der Waals surface area contributed by atoms with Gasteiger partial charge in [0.25, 0.3) is 0 Å². The first kappa shape index (κ1) is 13.4. The standard InChI is InChI=1S/C9H16N4.C2H6/c1-5-13-7(3)12-6(2)8(10)9(13)11-4;1-2/h11-12H,2-3,5,10H2,1,4H3;1-2H3. The molecule has 0 bridgehead atoms. The van der Waals surface area contributed by atoms with Gasteiger partial charge >= 0.3 is 0 Å². The molecule has 1 aliphatic rings. The van der Waals surface area contributed by atoms with Gasteiger partial charge in [-0.05, 0) is 6.92 Å². The summed E-state index contributed by atoms with van der Waals surface area (Å²) in [5.41, 5.74) is 7.16. The Morgan fingerprint density at radius 3 is 2.33 bits per heavy atom. The summed E-state index contributed by atoms with van der Waals surface area (Å²) in [5, 5.41) is 6.04. The van der Waals surface area contributed by atoms with Crippen LogP contribution in [0, 0.1) is 0 Å². The zero-order valence-corrected chi connectivity index (χ0v) is 10.1. The van der Waals surface area contributed by atoms with Crippen molar-refractivity contribution in [2.24, 2.45) is 5.73 Å². The van der Waals surface area contributed by atoms with Gasteiger partial charge in [0.15, 0.2) is 0 Å². The van der Waals surface area contributed by atoms with Crippen molar-refractivity contribution in [3.05, 3.63) is 36.2 Å². The van der Waals surface area contributed by atoms with E-state index in [0.717, 1.165) is 18.2 Å². The predicted molar refractivity (Wildman–Crippen MR) is 65.4 cm³/mol. The summed E-state index contributed by atoms with van der Waals surface area (Å²) < 4.78 is 0. The molecule has 1 aliphatic heterocycles. The third kappa shape index (κ3) is 2.68. The number of nitrogens with two attached hydrogens (primary N) is 1. The van der Waals surface area contributed by atoms with Gasteiger partial charge in [0.2, 0.25) is 0 Å². The van der Waals surface area contributed by atoms with E-state index >= 15 is 0 Å². The van der Waals surface area contributed by atoms with Crippen LogP contribution in [0.15, 0.2) is 36.2 Å². The number of rotatable bonds is 2. The molecule has 4 heteroatoms. The van der Waals surface area contributed by atoms with Crippen LogP contribution in [0.1, 0.15) is 20.8 Å². The van der Waals surface area contributed by atoms with Gasteiger partial charge < -0.3 is 21.3 Å². The Morgan fingerprint density at radius 1 is 1.40 bits per heavy atom. The van der Waals surface area contributed by atoms with E-state index in [9.17, 15) is 0 Å².